The van der Waals surface area contributed by atoms with Gasteiger partial charge in [-0.05, 0) is 18.9 Å². The summed E-state index contributed by atoms with van der Waals surface area (Å²) in [6.45, 7) is 16.1. The summed E-state index contributed by atoms with van der Waals surface area (Å²) < 4.78 is 9.86. The van der Waals surface area contributed by atoms with Crippen LogP contribution in [0.1, 0.15) is 83.8 Å². The lowest BCUT2D eigenvalue weighted by atomic mass is 10.0. The summed E-state index contributed by atoms with van der Waals surface area (Å²) in [5.41, 5.74) is 3.03. The molecule has 0 spiro atoms. The van der Waals surface area contributed by atoms with Gasteiger partial charge in [-0.3, -0.25) is 14.4 Å². The average molecular weight is 487 g/mol. The number of hydrogen-bond acceptors (Lipinski definition) is 5. The zero-order valence-corrected chi connectivity index (χ0v) is 22.1. The van der Waals surface area contributed by atoms with E-state index in [0.29, 0.717) is 13.2 Å². The molecule has 0 saturated carbocycles. The van der Waals surface area contributed by atoms with Crippen LogP contribution in [0.4, 0.5) is 0 Å². The van der Waals surface area contributed by atoms with Gasteiger partial charge >= 0.3 is 11.9 Å². The fourth-order valence-corrected chi connectivity index (χ4v) is 2.32. The van der Waals surface area contributed by atoms with Crippen molar-refractivity contribution in [3.8, 4) is 0 Å². The Morgan fingerprint density at radius 3 is 1.63 bits per heavy atom. The minimum absolute atomic E-state index is 0. The van der Waals surface area contributed by atoms with Crippen molar-refractivity contribution < 1.29 is 23.9 Å². The molecule has 0 aromatic heterocycles. The number of carbonyl (C=O) groups is 3. The number of hydrogen-bond donors (Lipinski definition) is 0. The van der Waals surface area contributed by atoms with Gasteiger partial charge in [0.15, 0.2) is 5.78 Å². The van der Waals surface area contributed by atoms with Crippen LogP contribution in [0.3, 0.4) is 0 Å². The zero-order chi connectivity index (χ0) is 26.1. The van der Waals surface area contributed by atoms with Gasteiger partial charge in [0, 0.05) is 11.5 Å². The SMILES string of the molecule is C.CC(C)C(=O)OCc1ccccc1.CCCOC(=O)C(C)C.Cc1ccc(C(=O)C(C)C)cc1. The van der Waals surface area contributed by atoms with Crippen LogP contribution in [-0.2, 0) is 25.7 Å². The maximum atomic E-state index is 11.5. The molecule has 0 bridgehead atoms. The van der Waals surface area contributed by atoms with Gasteiger partial charge in [0.2, 0.25) is 0 Å². The van der Waals surface area contributed by atoms with E-state index in [1.807, 2.05) is 110 Å². The van der Waals surface area contributed by atoms with E-state index in [0.717, 1.165) is 17.5 Å². The lowest BCUT2D eigenvalue weighted by Gasteiger charge is -2.06. The van der Waals surface area contributed by atoms with Crippen molar-refractivity contribution in [3.63, 3.8) is 0 Å². The smallest absolute Gasteiger partial charge is 0.308 e. The van der Waals surface area contributed by atoms with Crippen molar-refractivity contribution in [1.29, 1.82) is 0 Å². The largest absolute Gasteiger partial charge is 0.465 e. The summed E-state index contributed by atoms with van der Waals surface area (Å²) in [6, 6.07) is 17.4. The summed E-state index contributed by atoms with van der Waals surface area (Å²) >= 11 is 0. The van der Waals surface area contributed by atoms with E-state index in [4.69, 9.17) is 9.47 Å². The second-order valence-electron chi connectivity index (χ2n) is 8.96. The molecule has 35 heavy (non-hydrogen) atoms. The van der Waals surface area contributed by atoms with Crippen molar-refractivity contribution in [2.45, 2.75) is 75.8 Å². The lowest BCUT2D eigenvalue weighted by molar-refractivity contribution is -0.149. The van der Waals surface area contributed by atoms with E-state index >= 15 is 0 Å². The number of benzene rings is 2. The quantitative estimate of drug-likeness (QED) is 0.286. The number of Topliss-reactive ketones (excluding diaryl/α,β-unsaturated/α-hetero) is 1. The number of carbonyl (C=O) groups excluding carboxylic acids is 3. The van der Waals surface area contributed by atoms with Crippen LogP contribution in [0.2, 0.25) is 0 Å². The van der Waals surface area contributed by atoms with Crippen LogP contribution in [0.5, 0.6) is 0 Å². The van der Waals surface area contributed by atoms with Gasteiger partial charge in [-0.15, -0.1) is 0 Å². The topological polar surface area (TPSA) is 69.7 Å². The van der Waals surface area contributed by atoms with Crippen molar-refractivity contribution in [2.75, 3.05) is 6.61 Å². The standard InChI is InChI=1S/C11H14O2.C11H14O.C7H14O2.CH4/c1-9(2)11(12)13-8-10-6-4-3-5-7-10;1-8(2)11(12)10-6-4-9(3)5-7-10;1-4-5-9-7(8)6(2)3;/h3-7,9H,8H2,1-2H3;4-8H,1-3H3;6H,4-5H2,1-3H3;1H4. The maximum absolute atomic E-state index is 11.5. The fourth-order valence-electron chi connectivity index (χ4n) is 2.32. The summed E-state index contributed by atoms with van der Waals surface area (Å²) in [5, 5.41) is 0. The number of aryl methyl sites for hydroxylation is 1. The first-order valence-electron chi connectivity index (χ1n) is 12.0. The van der Waals surface area contributed by atoms with Crippen LogP contribution in [0.25, 0.3) is 0 Å². The summed E-state index contributed by atoms with van der Waals surface area (Å²) in [5.74, 6) is 0.0173. The third kappa shape index (κ3) is 16.3. The third-order valence-corrected chi connectivity index (χ3v) is 4.48. The summed E-state index contributed by atoms with van der Waals surface area (Å²) in [7, 11) is 0. The monoisotopic (exact) mass is 486 g/mol. The average Bonchev–Trinajstić information content (AvgIpc) is 2.82. The molecule has 0 unspecified atom stereocenters. The van der Waals surface area contributed by atoms with Crippen molar-refractivity contribution in [2.24, 2.45) is 17.8 Å². The third-order valence-electron chi connectivity index (χ3n) is 4.48. The normalized spacial score (nSPS) is 9.80. The Hall–Kier alpha value is -2.95. The molecule has 2 rings (SSSR count). The Balaban J connectivity index is 0. The highest BCUT2D eigenvalue weighted by Gasteiger charge is 2.09. The van der Waals surface area contributed by atoms with Gasteiger partial charge in [0.05, 0.1) is 18.4 Å². The van der Waals surface area contributed by atoms with Crippen LogP contribution in [0.15, 0.2) is 54.6 Å². The number of ether oxygens (including phenoxy) is 2. The van der Waals surface area contributed by atoms with Crippen LogP contribution < -0.4 is 0 Å². The maximum Gasteiger partial charge on any atom is 0.308 e. The van der Waals surface area contributed by atoms with Crippen molar-refractivity contribution in [1.82, 2.24) is 0 Å². The summed E-state index contributed by atoms with van der Waals surface area (Å²) in [6.07, 6.45) is 0.901. The first-order chi connectivity index (χ1) is 16.0. The predicted molar refractivity (Wildman–Crippen MR) is 144 cm³/mol. The van der Waals surface area contributed by atoms with Gasteiger partial charge in [-0.1, -0.05) is 116 Å². The van der Waals surface area contributed by atoms with Gasteiger partial charge < -0.3 is 9.47 Å². The van der Waals surface area contributed by atoms with E-state index < -0.39 is 0 Å². The molecule has 0 radical (unpaired) electrons. The van der Waals surface area contributed by atoms with E-state index in [1.165, 1.54) is 5.56 Å². The molecule has 2 aromatic carbocycles. The fraction of sp³-hybridized carbons (Fsp3) is 0.500. The Bertz CT molecular complexity index is 837. The zero-order valence-electron chi connectivity index (χ0n) is 22.1. The molecule has 0 aliphatic heterocycles. The second-order valence-corrected chi connectivity index (χ2v) is 8.96. The van der Waals surface area contributed by atoms with E-state index in [-0.39, 0.29) is 42.9 Å². The molecule has 0 N–H and O–H groups in total. The van der Waals surface area contributed by atoms with E-state index in [2.05, 4.69) is 0 Å². The molecule has 5 nitrogen and oxygen atoms in total. The minimum Gasteiger partial charge on any atom is -0.465 e. The first kappa shape index (κ1) is 34.2. The predicted octanol–water partition coefficient (Wildman–Crippen LogP) is 7.45. The Morgan fingerprint density at radius 1 is 0.714 bits per heavy atom. The van der Waals surface area contributed by atoms with Gasteiger partial charge in [0.1, 0.15) is 6.61 Å². The highest BCUT2D eigenvalue weighted by molar-refractivity contribution is 5.97. The molecule has 0 amide bonds. The highest BCUT2D eigenvalue weighted by atomic mass is 16.5. The van der Waals surface area contributed by atoms with Gasteiger partial charge in [-0.2, -0.15) is 0 Å². The molecular formula is C30H46O5. The molecule has 0 heterocycles. The number of ketones is 1. The molecule has 0 aliphatic rings. The Kier molecular flexibility index (Phi) is 18.9. The van der Waals surface area contributed by atoms with E-state index in [1.54, 1.807) is 0 Å². The number of esters is 2. The van der Waals surface area contributed by atoms with Crippen LogP contribution in [-0.4, -0.2) is 24.3 Å². The summed E-state index contributed by atoms with van der Waals surface area (Å²) in [4.78, 5) is 33.2. The molecule has 196 valence electrons. The Morgan fingerprint density at radius 2 is 1.20 bits per heavy atom. The molecule has 0 fully saturated rings. The molecule has 0 atom stereocenters. The molecule has 5 heteroatoms. The highest BCUT2D eigenvalue weighted by Crippen LogP contribution is 2.09. The van der Waals surface area contributed by atoms with Crippen molar-refractivity contribution >= 4 is 17.7 Å². The Labute approximate surface area is 213 Å². The van der Waals surface area contributed by atoms with Crippen LogP contribution >= 0.6 is 0 Å². The minimum atomic E-state index is -0.149. The first-order valence-corrected chi connectivity index (χ1v) is 12.0. The van der Waals surface area contributed by atoms with E-state index in [9.17, 15) is 14.4 Å². The second kappa shape index (κ2) is 19.4. The molecular weight excluding hydrogens is 440 g/mol. The van der Waals surface area contributed by atoms with Gasteiger partial charge in [-0.25, -0.2) is 0 Å². The lowest BCUT2D eigenvalue weighted by Crippen LogP contribution is -2.11. The number of rotatable bonds is 8. The van der Waals surface area contributed by atoms with Gasteiger partial charge in [0.25, 0.3) is 0 Å². The van der Waals surface area contributed by atoms with Crippen molar-refractivity contribution in [3.05, 3.63) is 71.3 Å². The molecule has 2 aromatic rings. The molecule has 0 aliphatic carbocycles. The van der Waals surface area contributed by atoms with Crippen LogP contribution in [0, 0.1) is 24.7 Å². The molecule has 0 saturated heterocycles.